The van der Waals surface area contributed by atoms with Gasteiger partial charge < -0.3 is 10.3 Å². The van der Waals surface area contributed by atoms with Crippen molar-refractivity contribution in [3.63, 3.8) is 0 Å². The maximum Gasteiger partial charge on any atom is 0.220 e. The minimum absolute atomic E-state index is 0.286. The third-order valence-electron chi connectivity index (χ3n) is 9.92. The Morgan fingerprint density at radius 3 is 2.71 bits per heavy atom. The molecule has 4 nitrogen and oxygen atoms in total. The van der Waals surface area contributed by atoms with Crippen LogP contribution in [0, 0.1) is 34.5 Å². The maximum atomic E-state index is 12.0. The molecule has 5 rings (SSSR count). The topological polar surface area (TPSA) is 57.8 Å². The van der Waals surface area contributed by atoms with Crippen molar-refractivity contribution in [3.8, 4) is 0 Å². The highest BCUT2D eigenvalue weighted by molar-refractivity contribution is 5.77. The maximum absolute atomic E-state index is 12.0. The minimum atomic E-state index is 0.286. The Labute approximate surface area is 169 Å². The predicted molar refractivity (Wildman–Crippen MR) is 111 cm³/mol. The average molecular weight is 384 g/mol. The van der Waals surface area contributed by atoms with Crippen LogP contribution in [0.5, 0.6) is 0 Å². The second-order valence-electron chi connectivity index (χ2n) is 11.0. The van der Waals surface area contributed by atoms with Crippen LogP contribution in [-0.2, 0) is 4.79 Å². The first-order valence-corrected chi connectivity index (χ1v) is 11.7. The minimum Gasteiger partial charge on any atom is -0.353 e. The van der Waals surface area contributed by atoms with E-state index >= 15 is 0 Å². The second kappa shape index (κ2) is 6.60. The van der Waals surface area contributed by atoms with E-state index < -0.39 is 0 Å². The van der Waals surface area contributed by atoms with Gasteiger partial charge in [0, 0.05) is 30.8 Å². The number of amides is 1. The molecule has 1 unspecified atom stereocenters. The molecule has 154 valence electrons. The smallest absolute Gasteiger partial charge is 0.220 e. The molecule has 1 aromatic heterocycles. The molecular weight excluding hydrogens is 346 g/mol. The number of rotatable bonds is 3. The van der Waals surface area contributed by atoms with Crippen molar-refractivity contribution in [2.75, 3.05) is 0 Å². The summed E-state index contributed by atoms with van der Waals surface area (Å²) in [7, 11) is 0. The van der Waals surface area contributed by atoms with Gasteiger partial charge in [0.25, 0.3) is 0 Å². The first-order chi connectivity index (χ1) is 13.4. The van der Waals surface area contributed by atoms with Crippen molar-refractivity contribution < 1.29 is 4.79 Å². The zero-order chi connectivity index (χ0) is 19.5. The van der Waals surface area contributed by atoms with E-state index in [0.29, 0.717) is 22.8 Å². The molecule has 2 N–H and O–H groups in total. The van der Waals surface area contributed by atoms with Crippen LogP contribution in [0.3, 0.4) is 0 Å². The normalized spacial score (nSPS) is 46.2. The molecule has 0 bridgehead atoms. The Morgan fingerprint density at radius 1 is 1.11 bits per heavy atom. The molecule has 4 heteroatoms. The lowest BCUT2D eigenvalue weighted by Crippen LogP contribution is -2.61. The van der Waals surface area contributed by atoms with E-state index in [2.05, 4.69) is 36.1 Å². The second-order valence-corrected chi connectivity index (χ2v) is 11.0. The van der Waals surface area contributed by atoms with Crippen LogP contribution in [0.1, 0.15) is 90.3 Å². The molecule has 3 saturated carbocycles. The molecule has 0 spiro atoms. The number of aromatic amines is 1. The number of carbonyl (C=O) groups excluding carboxylic acids is 1. The van der Waals surface area contributed by atoms with Crippen molar-refractivity contribution in [2.45, 2.75) is 90.5 Å². The zero-order valence-electron chi connectivity index (χ0n) is 17.8. The van der Waals surface area contributed by atoms with E-state index in [1.165, 1.54) is 44.9 Å². The number of piperidine rings is 1. The van der Waals surface area contributed by atoms with Crippen LogP contribution in [0.2, 0.25) is 0 Å². The van der Waals surface area contributed by atoms with E-state index in [9.17, 15) is 4.79 Å². The highest BCUT2D eigenvalue weighted by atomic mass is 16.1. The molecule has 0 aromatic carbocycles. The monoisotopic (exact) mass is 383 g/mol. The van der Waals surface area contributed by atoms with Gasteiger partial charge in [0.15, 0.2) is 0 Å². The molecular formula is C24H37N3O. The molecule has 28 heavy (non-hydrogen) atoms. The molecule has 1 aliphatic heterocycles. The summed E-state index contributed by atoms with van der Waals surface area (Å²) in [5.41, 5.74) is 0.834. The number of fused-ring (bicyclic) bond motifs is 5. The van der Waals surface area contributed by atoms with E-state index in [1.54, 1.807) is 0 Å². The van der Waals surface area contributed by atoms with Gasteiger partial charge in [-0.1, -0.05) is 20.8 Å². The summed E-state index contributed by atoms with van der Waals surface area (Å²) in [6.07, 6.45) is 15.0. The Balaban J connectivity index is 1.34. The summed E-state index contributed by atoms with van der Waals surface area (Å²) < 4.78 is 0. The predicted octanol–water partition coefficient (Wildman–Crippen LogP) is 5.04. The number of carbonyl (C=O) groups is 1. The van der Waals surface area contributed by atoms with Crippen LogP contribution in [-0.4, -0.2) is 21.9 Å². The van der Waals surface area contributed by atoms with Gasteiger partial charge in [-0.2, -0.15) is 0 Å². The van der Waals surface area contributed by atoms with Crippen molar-refractivity contribution in [3.05, 3.63) is 18.2 Å². The summed E-state index contributed by atoms with van der Waals surface area (Å²) in [4.78, 5) is 19.8. The fourth-order valence-electron chi connectivity index (χ4n) is 8.28. The van der Waals surface area contributed by atoms with Crippen molar-refractivity contribution in [1.82, 2.24) is 15.3 Å². The quantitative estimate of drug-likeness (QED) is 0.768. The van der Waals surface area contributed by atoms with Crippen molar-refractivity contribution >= 4 is 5.91 Å². The average Bonchev–Trinajstić information content (AvgIpc) is 3.31. The molecule has 1 saturated heterocycles. The first kappa shape index (κ1) is 18.7. The molecule has 1 amide bonds. The Kier molecular flexibility index (Phi) is 4.41. The molecule has 4 fully saturated rings. The van der Waals surface area contributed by atoms with Crippen LogP contribution >= 0.6 is 0 Å². The molecule has 8 atom stereocenters. The van der Waals surface area contributed by atoms with Gasteiger partial charge in [-0.15, -0.1) is 0 Å². The Bertz CT molecular complexity index is 730. The lowest BCUT2D eigenvalue weighted by molar-refractivity contribution is -0.136. The van der Waals surface area contributed by atoms with Gasteiger partial charge in [0.1, 0.15) is 5.82 Å². The number of imidazole rings is 1. The molecule has 3 aliphatic carbocycles. The van der Waals surface area contributed by atoms with Gasteiger partial charge in [0.2, 0.25) is 5.91 Å². The lowest BCUT2D eigenvalue weighted by atomic mass is 9.47. The first-order valence-electron chi connectivity index (χ1n) is 11.7. The molecule has 0 radical (unpaired) electrons. The Hall–Kier alpha value is -1.32. The fraction of sp³-hybridized carbons (Fsp3) is 0.833. The van der Waals surface area contributed by atoms with Crippen LogP contribution < -0.4 is 5.32 Å². The van der Waals surface area contributed by atoms with Gasteiger partial charge in [-0.3, -0.25) is 4.79 Å². The van der Waals surface area contributed by atoms with Crippen LogP contribution in [0.25, 0.3) is 0 Å². The van der Waals surface area contributed by atoms with Crippen molar-refractivity contribution in [1.29, 1.82) is 0 Å². The number of aromatic nitrogens is 2. The molecule has 4 aliphatic rings. The highest BCUT2D eigenvalue weighted by Gasteiger charge is 2.60. The number of nitrogens with one attached hydrogen (secondary N) is 2. The summed E-state index contributed by atoms with van der Waals surface area (Å²) in [6, 6.07) is 0.426. The fourth-order valence-corrected chi connectivity index (χ4v) is 8.28. The summed E-state index contributed by atoms with van der Waals surface area (Å²) in [5, 5.41) is 3.36. The van der Waals surface area contributed by atoms with E-state index in [0.717, 1.165) is 42.3 Å². The lowest BCUT2D eigenvalue weighted by Gasteiger charge is -2.60. The van der Waals surface area contributed by atoms with Gasteiger partial charge in [-0.05, 0) is 85.9 Å². The number of nitrogens with zero attached hydrogens (tertiary/aromatic N) is 1. The summed E-state index contributed by atoms with van der Waals surface area (Å²) >= 11 is 0. The van der Waals surface area contributed by atoms with Gasteiger partial charge in [-0.25, -0.2) is 4.98 Å². The van der Waals surface area contributed by atoms with Crippen molar-refractivity contribution in [2.24, 2.45) is 34.5 Å². The summed E-state index contributed by atoms with van der Waals surface area (Å²) in [6.45, 7) is 7.47. The third kappa shape index (κ3) is 2.69. The number of hydrogen-bond donors (Lipinski definition) is 2. The standard InChI is InChI=1S/C24H37N3O/c1-15(22-25-12-13-26-22)14-16-4-6-18-17-5-7-20-24(3,11-9-21(28)27-20)19(17)8-10-23(16,18)2/h12-13,15-20H,4-11,14H2,1-3H3,(H,25,26)(H,27,28)/t15?,16-,17+,18+,19+,20-,23-,24-/m1/s1. The van der Waals surface area contributed by atoms with E-state index in [1.807, 2.05) is 12.4 Å². The van der Waals surface area contributed by atoms with E-state index in [4.69, 9.17) is 0 Å². The van der Waals surface area contributed by atoms with Crippen LogP contribution in [0.4, 0.5) is 0 Å². The highest BCUT2D eigenvalue weighted by Crippen LogP contribution is 2.66. The van der Waals surface area contributed by atoms with E-state index in [-0.39, 0.29) is 5.91 Å². The van der Waals surface area contributed by atoms with Gasteiger partial charge in [0.05, 0.1) is 0 Å². The summed E-state index contributed by atoms with van der Waals surface area (Å²) in [5.74, 6) is 5.37. The Morgan fingerprint density at radius 2 is 1.93 bits per heavy atom. The largest absolute Gasteiger partial charge is 0.353 e. The molecule has 2 heterocycles. The SMILES string of the molecule is CC(C[C@H]1CC[C@H]2[C@@H]3CC[C@H]4NC(=O)CC[C@]4(C)[C@H]3CC[C@]12C)c1ncc[nH]1. The number of H-pyrrole nitrogens is 1. The third-order valence-corrected chi connectivity index (χ3v) is 9.92. The number of hydrogen-bond acceptors (Lipinski definition) is 2. The zero-order valence-corrected chi connectivity index (χ0v) is 17.8. The van der Waals surface area contributed by atoms with Crippen LogP contribution in [0.15, 0.2) is 12.4 Å². The van der Waals surface area contributed by atoms with Gasteiger partial charge >= 0.3 is 0 Å². The molecule has 1 aromatic rings.